The first kappa shape index (κ1) is 19.5. The number of nitro groups is 1. The average Bonchev–Trinajstić information content (AvgIpc) is 2.69. The summed E-state index contributed by atoms with van der Waals surface area (Å²) in [5, 5.41) is 13.5. The minimum Gasteiger partial charge on any atom is -0.369 e. The Morgan fingerprint density at radius 1 is 1.14 bits per heavy atom. The van der Waals surface area contributed by atoms with Crippen LogP contribution in [0.4, 0.5) is 11.4 Å². The summed E-state index contributed by atoms with van der Waals surface area (Å²) in [6.07, 6.45) is 1.80. The lowest BCUT2D eigenvalue weighted by molar-refractivity contribution is -0.384. The first-order chi connectivity index (χ1) is 13.4. The van der Waals surface area contributed by atoms with Crippen molar-refractivity contribution in [2.45, 2.75) is 19.4 Å². The normalized spacial score (nSPS) is 17.1. The Balaban J connectivity index is 1.57. The lowest BCUT2D eigenvalue weighted by Crippen LogP contribution is -2.40. The van der Waals surface area contributed by atoms with Gasteiger partial charge in [-0.15, -0.1) is 0 Å². The molecular weight excluding hydrogens is 360 g/mol. The van der Waals surface area contributed by atoms with E-state index >= 15 is 0 Å². The molecule has 2 aromatic carbocycles. The Labute approximate surface area is 162 Å². The zero-order valence-electron chi connectivity index (χ0n) is 15.3. The fourth-order valence-corrected chi connectivity index (χ4v) is 3.32. The average molecular weight is 382 g/mol. The molecule has 0 saturated carbocycles. The Morgan fingerprint density at radius 3 is 2.43 bits per heavy atom. The summed E-state index contributed by atoms with van der Waals surface area (Å²) >= 11 is 0. The van der Waals surface area contributed by atoms with Gasteiger partial charge in [-0.3, -0.25) is 24.6 Å². The number of carbonyl (C=O) groups excluding carboxylic acids is 2. The molecule has 1 aliphatic heterocycles. The number of rotatable bonds is 6. The fraction of sp³-hybridized carbons (Fsp3) is 0.300. The largest absolute Gasteiger partial charge is 0.369 e. The molecule has 1 heterocycles. The van der Waals surface area contributed by atoms with E-state index in [1.165, 1.54) is 24.3 Å². The molecule has 0 aromatic heterocycles. The summed E-state index contributed by atoms with van der Waals surface area (Å²) in [4.78, 5) is 36.0. The van der Waals surface area contributed by atoms with Gasteiger partial charge in [-0.2, -0.15) is 0 Å². The topological polar surface area (TPSA) is 119 Å². The molecule has 1 saturated heterocycles. The third-order valence-corrected chi connectivity index (χ3v) is 4.87. The van der Waals surface area contributed by atoms with Crippen LogP contribution in [0.5, 0.6) is 0 Å². The minimum absolute atomic E-state index is 0.0582. The summed E-state index contributed by atoms with van der Waals surface area (Å²) in [5.74, 6) is -0.661. The number of nitrogens with one attached hydrogen (secondary N) is 1. The number of benzene rings is 2. The van der Waals surface area contributed by atoms with E-state index < -0.39 is 4.92 Å². The van der Waals surface area contributed by atoms with Crippen LogP contribution >= 0.6 is 0 Å². The number of hydrogen-bond donors (Lipinski definition) is 2. The van der Waals surface area contributed by atoms with Crippen molar-refractivity contribution in [3.63, 3.8) is 0 Å². The smallest absolute Gasteiger partial charge is 0.269 e. The molecule has 3 rings (SSSR count). The van der Waals surface area contributed by atoms with E-state index in [0.29, 0.717) is 17.8 Å². The third-order valence-electron chi connectivity index (χ3n) is 4.87. The van der Waals surface area contributed by atoms with E-state index in [2.05, 4.69) is 10.2 Å². The number of anilines is 1. The Kier molecular flexibility index (Phi) is 6.00. The van der Waals surface area contributed by atoms with Gasteiger partial charge in [-0.25, -0.2) is 0 Å². The summed E-state index contributed by atoms with van der Waals surface area (Å²) in [5.41, 5.74) is 7.43. The zero-order chi connectivity index (χ0) is 20.1. The first-order valence-corrected chi connectivity index (χ1v) is 9.09. The molecule has 3 N–H and O–H groups in total. The van der Waals surface area contributed by atoms with Gasteiger partial charge in [0.15, 0.2) is 0 Å². The Bertz CT molecular complexity index is 865. The molecule has 8 heteroatoms. The van der Waals surface area contributed by atoms with Gasteiger partial charge in [0, 0.05) is 36.5 Å². The molecular formula is C20H22N4O4. The molecule has 0 spiro atoms. The van der Waals surface area contributed by atoms with Crippen LogP contribution in [-0.2, 0) is 11.3 Å². The van der Waals surface area contributed by atoms with Crippen molar-refractivity contribution in [3.05, 3.63) is 69.8 Å². The summed E-state index contributed by atoms with van der Waals surface area (Å²) < 4.78 is 0. The van der Waals surface area contributed by atoms with Crippen LogP contribution in [0.1, 0.15) is 28.8 Å². The third kappa shape index (κ3) is 4.92. The van der Waals surface area contributed by atoms with Crippen LogP contribution < -0.4 is 11.1 Å². The van der Waals surface area contributed by atoms with Gasteiger partial charge in [0.05, 0.1) is 10.8 Å². The van der Waals surface area contributed by atoms with Gasteiger partial charge < -0.3 is 11.1 Å². The van der Waals surface area contributed by atoms with Crippen molar-refractivity contribution < 1.29 is 14.5 Å². The predicted octanol–water partition coefficient (Wildman–Crippen LogP) is 2.54. The number of primary amides is 1. The number of nitrogens with two attached hydrogens (primary N) is 1. The molecule has 0 radical (unpaired) electrons. The number of piperidine rings is 1. The van der Waals surface area contributed by atoms with Crippen LogP contribution in [0, 0.1) is 16.0 Å². The summed E-state index contributed by atoms with van der Waals surface area (Å²) in [6.45, 7) is 2.33. The van der Waals surface area contributed by atoms with E-state index in [-0.39, 0.29) is 23.4 Å². The van der Waals surface area contributed by atoms with Crippen LogP contribution in [0.3, 0.4) is 0 Å². The van der Waals surface area contributed by atoms with Crippen molar-refractivity contribution in [1.29, 1.82) is 0 Å². The first-order valence-electron chi connectivity index (χ1n) is 9.09. The summed E-state index contributed by atoms with van der Waals surface area (Å²) in [7, 11) is 0. The lowest BCUT2D eigenvalue weighted by atomic mass is 9.97. The maximum absolute atomic E-state index is 12.3. The number of carbonyl (C=O) groups is 2. The number of non-ortho nitro benzene ring substituents is 1. The number of hydrogen-bond acceptors (Lipinski definition) is 5. The fourth-order valence-electron chi connectivity index (χ4n) is 3.32. The van der Waals surface area contributed by atoms with Crippen LogP contribution in [-0.4, -0.2) is 34.7 Å². The van der Waals surface area contributed by atoms with E-state index in [1.54, 1.807) is 0 Å². The molecule has 0 aliphatic carbocycles. The molecule has 8 nitrogen and oxygen atoms in total. The van der Waals surface area contributed by atoms with Gasteiger partial charge in [-0.1, -0.05) is 12.1 Å². The van der Waals surface area contributed by atoms with Crippen molar-refractivity contribution in [2.24, 2.45) is 11.7 Å². The number of amides is 2. The molecule has 28 heavy (non-hydrogen) atoms. The predicted molar refractivity (Wildman–Crippen MR) is 105 cm³/mol. The quantitative estimate of drug-likeness (QED) is 0.588. The maximum atomic E-state index is 12.3. The standard InChI is InChI=1S/C20H22N4O4/c21-19(25)16-2-1-11-23(13-16)12-14-3-7-17(8-4-14)22-20(26)15-5-9-18(10-6-15)24(27)28/h3-10,16H,1-2,11-13H2,(H2,21,25)(H,22,26). The van der Waals surface area contributed by atoms with Gasteiger partial charge >= 0.3 is 0 Å². The molecule has 1 unspecified atom stereocenters. The van der Waals surface area contributed by atoms with Crippen molar-refractivity contribution in [2.75, 3.05) is 18.4 Å². The second kappa shape index (κ2) is 8.62. The van der Waals surface area contributed by atoms with Gasteiger partial charge in [0.2, 0.25) is 5.91 Å². The van der Waals surface area contributed by atoms with E-state index in [0.717, 1.165) is 31.5 Å². The van der Waals surface area contributed by atoms with E-state index in [1.807, 2.05) is 24.3 Å². The van der Waals surface area contributed by atoms with Crippen LogP contribution in [0.25, 0.3) is 0 Å². The van der Waals surface area contributed by atoms with Crippen molar-refractivity contribution in [1.82, 2.24) is 4.90 Å². The molecule has 0 bridgehead atoms. The van der Waals surface area contributed by atoms with Gasteiger partial charge in [-0.05, 0) is 49.2 Å². The van der Waals surface area contributed by atoms with Crippen LogP contribution in [0.15, 0.2) is 48.5 Å². The molecule has 2 aromatic rings. The molecule has 1 fully saturated rings. The van der Waals surface area contributed by atoms with Crippen LogP contribution in [0.2, 0.25) is 0 Å². The monoisotopic (exact) mass is 382 g/mol. The molecule has 146 valence electrons. The Hall–Kier alpha value is -3.26. The number of likely N-dealkylation sites (tertiary alicyclic amines) is 1. The number of nitro benzene ring substituents is 1. The summed E-state index contributed by atoms with van der Waals surface area (Å²) in [6, 6.07) is 12.9. The highest BCUT2D eigenvalue weighted by Gasteiger charge is 2.23. The molecule has 2 amide bonds. The number of nitrogens with zero attached hydrogens (tertiary/aromatic N) is 2. The minimum atomic E-state index is -0.506. The van der Waals surface area contributed by atoms with Gasteiger partial charge in [0.1, 0.15) is 0 Å². The maximum Gasteiger partial charge on any atom is 0.269 e. The van der Waals surface area contributed by atoms with E-state index in [9.17, 15) is 19.7 Å². The lowest BCUT2D eigenvalue weighted by Gasteiger charge is -2.31. The zero-order valence-corrected chi connectivity index (χ0v) is 15.3. The highest BCUT2D eigenvalue weighted by molar-refractivity contribution is 6.04. The Morgan fingerprint density at radius 2 is 1.82 bits per heavy atom. The van der Waals surface area contributed by atoms with Crippen molar-refractivity contribution in [3.8, 4) is 0 Å². The second-order valence-electron chi connectivity index (χ2n) is 6.93. The highest BCUT2D eigenvalue weighted by Crippen LogP contribution is 2.20. The SMILES string of the molecule is NC(=O)C1CCCN(Cc2ccc(NC(=O)c3ccc([N+](=O)[O-])cc3)cc2)C1. The van der Waals surface area contributed by atoms with E-state index in [4.69, 9.17) is 5.73 Å². The van der Waals surface area contributed by atoms with Crippen molar-refractivity contribution >= 4 is 23.2 Å². The molecule has 1 atom stereocenters. The highest BCUT2D eigenvalue weighted by atomic mass is 16.6. The van der Waals surface area contributed by atoms with Gasteiger partial charge in [0.25, 0.3) is 11.6 Å². The molecule has 1 aliphatic rings. The second-order valence-corrected chi connectivity index (χ2v) is 6.93.